The summed E-state index contributed by atoms with van der Waals surface area (Å²) in [6.45, 7) is 2.19. The number of anilines is 1. The Bertz CT molecular complexity index is 1430. The van der Waals surface area contributed by atoms with E-state index in [0.29, 0.717) is 17.9 Å². The van der Waals surface area contributed by atoms with Gasteiger partial charge in [0, 0.05) is 17.4 Å². The molecule has 1 fully saturated rings. The third kappa shape index (κ3) is 4.04. The lowest BCUT2D eigenvalue weighted by molar-refractivity contribution is -0.662. The van der Waals surface area contributed by atoms with Gasteiger partial charge in [-0.1, -0.05) is 11.2 Å². The monoisotopic (exact) mass is 512 g/mol. The summed E-state index contributed by atoms with van der Waals surface area (Å²) in [7, 11) is 0. The van der Waals surface area contributed by atoms with Gasteiger partial charge >= 0.3 is 5.97 Å². The quantitative estimate of drug-likeness (QED) is 0.162. The minimum atomic E-state index is -1.20. The topological polar surface area (TPSA) is 169 Å². The van der Waals surface area contributed by atoms with Crippen molar-refractivity contribution in [2.75, 3.05) is 18.1 Å². The average molecular weight is 513 g/mol. The fraction of sp³-hybridized carbons (Fsp3) is 0.273. The molecule has 13 nitrogen and oxygen atoms in total. The molecule has 0 saturated carbocycles. The van der Waals surface area contributed by atoms with E-state index < -0.39 is 29.2 Å². The van der Waals surface area contributed by atoms with Crippen LogP contribution in [0.15, 0.2) is 63.9 Å². The Labute approximate surface area is 208 Å². The number of carboxylic acid groups (broad SMARTS) is 1. The van der Waals surface area contributed by atoms with Crippen LogP contribution in [-0.2, 0) is 25.8 Å². The smallest absolute Gasteiger partial charge is 0.352 e. The maximum Gasteiger partial charge on any atom is 0.352 e. The van der Waals surface area contributed by atoms with Gasteiger partial charge in [0.05, 0.1) is 6.20 Å². The number of hydrogen-bond donors (Lipinski definition) is 3. The molecule has 4 N–H and O–H groups in total. The number of aromatic nitrogens is 3. The Balaban J connectivity index is 1.37. The molecule has 2 atom stereocenters. The molecule has 0 spiro atoms. The number of rotatable bonds is 8. The number of aliphatic carboxylic acids is 1. The van der Waals surface area contributed by atoms with Crippen LogP contribution in [0.5, 0.6) is 0 Å². The summed E-state index contributed by atoms with van der Waals surface area (Å²) in [5.74, 6) is -2.08. The lowest BCUT2D eigenvalue weighted by Gasteiger charge is -2.49. The number of nitrogen functional groups attached to an aromatic ring is 1. The molecule has 14 heteroatoms. The zero-order valence-corrected chi connectivity index (χ0v) is 19.8. The van der Waals surface area contributed by atoms with Gasteiger partial charge in [-0.05, 0) is 13.0 Å². The van der Waals surface area contributed by atoms with Gasteiger partial charge in [-0.3, -0.25) is 14.5 Å². The molecule has 2 aliphatic heterocycles. The lowest BCUT2D eigenvalue weighted by atomic mass is 10.0. The van der Waals surface area contributed by atoms with Gasteiger partial charge in [-0.2, -0.15) is 4.98 Å². The average Bonchev–Trinajstić information content (AvgIpc) is 3.48. The third-order valence-electron chi connectivity index (χ3n) is 5.73. The first-order chi connectivity index (χ1) is 17.4. The van der Waals surface area contributed by atoms with Crippen LogP contribution in [0.4, 0.5) is 6.01 Å². The predicted octanol–water partition coefficient (Wildman–Crippen LogP) is -0.0236. The molecule has 0 aliphatic carbocycles. The van der Waals surface area contributed by atoms with Crippen molar-refractivity contribution in [2.24, 2.45) is 5.16 Å². The number of nitrogens with zero attached hydrogens (tertiary/aromatic N) is 5. The van der Waals surface area contributed by atoms with E-state index in [4.69, 9.17) is 15.0 Å². The Kier molecular flexibility index (Phi) is 6.10. The fourth-order valence-corrected chi connectivity index (χ4v) is 5.46. The van der Waals surface area contributed by atoms with Gasteiger partial charge in [-0.15, -0.1) is 11.8 Å². The number of pyridine rings is 1. The summed E-state index contributed by atoms with van der Waals surface area (Å²) >= 11 is 1.38. The minimum absolute atomic E-state index is 0.0450. The molecule has 36 heavy (non-hydrogen) atoms. The molecule has 186 valence electrons. The highest BCUT2D eigenvalue weighted by Gasteiger charge is 2.54. The summed E-state index contributed by atoms with van der Waals surface area (Å²) in [5.41, 5.74) is 6.75. The SMILES string of the molecule is CCO/N=C(\C(=O)N[C@@H]1C(=O)N2C(C(=O)O)=C(C[n+]3ccn4ccccc43)CS[C@@H]12)c1coc(N)n1. The lowest BCUT2D eigenvalue weighted by Crippen LogP contribution is -2.71. The van der Waals surface area contributed by atoms with Crippen LogP contribution >= 0.6 is 11.8 Å². The first kappa shape index (κ1) is 23.4. The highest BCUT2D eigenvalue weighted by molar-refractivity contribution is 8.00. The number of hydrogen-bond acceptors (Lipinski definition) is 9. The van der Waals surface area contributed by atoms with Crippen molar-refractivity contribution >= 4 is 46.9 Å². The van der Waals surface area contributed by atoms with Gasteiger partial charge in [-0.25, -0.2) is 13.8 Å². The number of oxime groups is 1. The van der Waals surface area contributed by atoms with Crippen LogP contribution < -0.4 is 15.6 Å². The van der Waals surface area contributed by atoms with Gasteiger partial charge in [0.15, 0.2) is 5.71 Å². The van der Waals surface area contributed by atoms with E-state index in [-0.39, 0.29) is 29.7 Å². The number of thioether (sulfide) groups is 1. The first-order valence-corrected chi connectivity index (χ1v) is 12.0. The minimum Gasteiger partial charge on any atom is -0.477 e. The first-order valence-electron chi connectivity index (χ1n) is 11.0. The molecule has 2 amide bonds. The maximum atomic E-state index is 13.0. The Morgan fingerprint density at radius 1 is 1.42 bits per heavy atom. The molecular formula is C22H22N7O6S+. The van der Waals surface area contributed by atoms with Crippen LogP contribution in [0.3, 0.4) is 0 Å². The van der Waals surface area contributed by atoms with Crippen LogP contribution in [0.1, 0.15) is 12.6 Å². The van der Waals surface area contributed by atoms with Crippen molar-refractivity contribution in [3.05, 3.63) is 60.0 Å². The number of carboxylic acids is 1. The van der Waals surface area contributed by atoms with Crippen molar-refractivity contribution in [1.29, 1.82) is 0 Å². The van der Waals surface area contributed by atoms with Crippen molar-refractivity contribution in [3.8, 4) is 0 Å². The second kappa shape index (κ2) is 9.37. The summed E-state index contributed by atoms with van der Waals surface area (Å²) in [4.78, 5) is 48.3. The number of nitrogens with one attached hydrogen (secondary N) is 1. The van der Waals surface area contributed by atoms with E-state index in [1.165, 1.54) is 16.7 Å². The zero-order valence-electron chi connectivity index (χ0n) is 19.0. The Hall–Kier alpha value is -4.33. The molecule has 0 radical (unpaired) electrons. The van der Waals surface area contributed by atoms with E-state index in [0.717, 1.165) is 11.9 Å². The molecule has 5 heterocycles. The van der Waals surface area contributed by atoms with Gasteiger partial charge < -0.3 is 25.4 Å². The molecule has 1 saturated heterocycles. The van der Waals surface area contributed by atoms with Crippen molar-refractivity contribution in [1.82, 2.24) is 19.6 Å². The van der Waals surface area contributed by atoms with Gasteiger partial charge in [0.25, 0.3) is 23.5 Å². The van der Waals surface area contributed by atoms with Crippen LogP contribution in [-0.4, -0.2) is 66.7 Å². The molecular weight excluding hydrogens is 490 g/mol. The number of amides is 2. The van der Waals surface area contributed by atoms with Crippen molar-refractivity contribution in [2.45, 2.75) is 24.9 Å². The Morgan fingerprint density at radius 2 is 2.25 bits per heavy atom. The van der Waals surface area contributed by atoms with E-state index in [9.17, 15) is 19.5 Å². The second-order valence-electron chi connectivity index (χ2n) is 7.94. The molecule has 3 aromatic heterocycles. The predicted molar refractivity (Wildman–Crippen MR) is 126 cm³/mol. The van der Waals surface area contributed by atoms with Gasteiger partial charge in [0.1, 0.15) is 54.6 Å². The van der Waals surface area contributed by atoms with Crippen molar-refractivity contribution < 1.29 is 33.3 Å². The van der Waals surface area contributed by atoms with E-state index in [2.05, 4.69) is 15.5 Å². The largest absolute Gasteiger partial charge is 0.477 e. The summed E-state index contributed by atoms with van der Waals surface area (Å²) in [5, 5.41) is 15.8. The summed E-state index contributed by atoms with van der Waals surface area (Å²) in [6, 6.07) is 4.61. The van der Waals surface area contributed by atoms with E-state index >= 15 is 0 Å². The molecule has 0 bridgehead atoms. The highest BCUT2D eigenvalue weighted by Crippen LogP contribution is 2.40. The number of β-lactam (4-membered cyclic amide) rings is 1. The molecule has 0 aromatic carbocycles. The molecule has 3 aromatic rings. The highest BCUT2D eigenvalue weighted by atomic mass is 32.2. The zero-order chi connectivity index (χ0) is 25.4. The van der Waals surface area contributed by atoms with Crippen molar-refractivity contribution in [3.63, 3.8) is 0 Å². The molecule has 0 unspecified atom stereocenters. The number of carbonyl (C=O) groups excluding carboxylic acids is 2. The van der Waals surface area contributed by atoms with Crippen LogP contribution in [0.25, 0.3) is 5.65 Å². The van der Waals surface area contributed by atoms with E-state index in [1.807, 2.05) is 45.8 Å². The van der Waals surface area contributed by atoms with E-state index in [1.54, 1.807) is 6.92 Å². The molecule has 2 aliphatic rings. The van der Waals surface area contributed by atoms with Crippen LogP contribution in [0.2, 0.25) is 0 Å². The maximum absolute atomic E-state index is 13.0. The normalized spacial score (nSPS) is 19.8. The number of nitrogens with two attached hydrogens (primary N) is 1. The standard InChI is InChI=1S/C22H21N7O6S/c1-2-35-26-15(13-10-34-22(23)24-13)18(30)25-16-19(31)29-17(21(32)33)12(11-36-20(16)29)9-28-8-7-27-6-4-3-5-14(27)28/h3-8,10,16,20H,2,9,11H2,1H3,(H3-,23,24,25,30,32,33)/p+1/b26-15-/t16-,20+/m1/s1. The Morgan fingerprint density at radius 3 is 2.97 bits per heavy atom. The fourth-order valence-electron chi connectivity index (χ4n) is 4.13. The number of fused-ring (bicyclic) bond motifs is 2. The number of imidazole rings is 1. The van der Waals surface area contributed by atoms with Crippen LogP contribution in [0, 0.1) is 0 Å². The summed E-state index contributed by atoms with van der Waals surface area (Å²) < 4.78 is 8.79. The number of carbonyl (C=O) groups is 3. The van der Waals surface area contributed by atoms with Gasteiger partial charge in [0.2, 0.25) is 0 Å². The second-order valence-corrected chi connectivity index (χ2v) is 9.04. The molecule has 5 rings (SSSR count). The summed E-state index contributed by atoms with van der Waals surface area (Å²) in [6.07, 6.45) is 6.78. The number of oxazole rings is 1. The third-order valence-corrected chi connectivity index (χ3v) is 7.07.